The summed E-state index contributed by atoms with van der Waals surface area (Å²) in [5.74, 6) is 0.451. The second-order valence-corrected chi connectivity index (χ2v) is 5.00. The quantitative estimate of drug-likeness (QED) is 0.812. The average Bonchev–Trinajstić information content (AvgIpc) is 2.73. The van der Waals surface area contributed by atoms with Gasteiger partial charge < -0.3 is 0 Å². The van der Waals surface area contributed by atoms with Crippen molar-refractivity contribution < 1.29 is 0 Å². The van der Waals surface area contributed by atoms with E-state index in [1.54, 1.807) is 4.68 Å². The molecule has 0 fully saturated rings. The van der Waals surface area contributed by atoms with Crippen molar-refractivity contribution in [3.8, 4) is 0 Å². The summed E-state index contributed by atoms with van der Waals surface area (Å²) < 4.78 is 1.75. The largest absolute Gasteiger partial charge is 0.255 e. The van der Waals surface area contributed by atoms with Gasteiger partial charge in [0, 0.05) is 25.0 Å². The Balaban J connectivity index is 2.13. The molecule has 0 amide bonds. The minimum Gasteiger partial charge on any atom is -0.255 e. The van der Waals surface area contributed by atoms with E-state index in [1.807, 2.05) is 13.2 Å². The van der Waals surface area contributed by atoms with Gasteiger partial charge in [-0.15, -0.1) is 5.10 Å². The molecule has 4 heteroatoms. The molecule has 1 heterocycles. The third-order valence-corrected chi connectivity index (χ3v) is 3.62. The third kappa shape index (κ3) is 3.16. The van der Waals surface area contributed by atoms with Gasteiger partial charge in [0.15, 0.2) is 0 Å². The maximum absolute atomic E-state index is 4.14. The van der Waals surface area contributed by atoms with E-state index in [4.69, 9.17) is 0 Å². The third-order valence-electron chi connectivity index (χ3n) is 2.84. The summed E-state index contributed by atoms with van der Waals surface area (Å²) in [6.07, 6.45) is 2.89. The number of hydrogen-bond acceptors (Lipinski definition) is 2. The lowest BCUT2D eigenvalue weighted by atomic mass is 9.96. The molecule has 1 aromatic heterocycles. The minimum absolute atomic E-state index is 0.451. The van der Waals surface area contributed by atoms with E-state index in [9.17, 15) is 0 Å². The van der Waals surface area contributed by atoms with Crippen LogP contribution < -0.4 is 0 Å². The van der Waals surface area contributed by atoms with Crippen molar-refractivity contribution in [2.75, 3.05) is 5.33 Å². The van der Waals surface area contributed by atoms with E-state index in [0.717, 1.165) is 17.4 Å². The van der Waals surface area contributed by atoms with Gasteiger partial charge in [-0.2, -0.15) is 0 Å². The minimum atomic E-state index is 0.451. The van der Waals surface area contributed by atoms with E-state index in [-0.39, 0.29) is 0 Å². The molecule has 1 atom stereocenters. The van der Waals surface area contributed by atoms with Gasteiger partial charge >= 0.3 is 0 Å². The Bertz CT molecular complexity index is 476. The maximum atomic E-state index is 4.14. The van der Waals surface area contributed by atoms with Crippen molar-refractivity contribution in [2.24, 2.45) is 7.05 Å². The van der Waals surface area contributed by atoms with Crippen LogP contribution in [0, 0.1) is 6.92 Å². The monoisotopic (exact) mass is 293 g/mol. The average molecular weight is 294 g/mol. The molecule has 90 valence electrons. The van der Waals surface area contributed by atoms with Crippen LogP contribution in [-0.2, 0) is 13.5 Å². The Kier molecular flexibility index (Phi) is 3.94. The van der Waals surface area contributed by atoms with Crippen molar-refractivity contribution in [3.63, 3.8) is 0 Å². The number of alkyl halides is 1. The van der Waals surface area contributed by atoms with Crippen molar-refractivity contribution in [1.29, 1.82) is 0 Å². The van der Waals surface area contributed by atoms with Crippen LogP contribution in [0.25, 0.3) is 0 Å². The highest BCUT2D eigenvalue weighted by molar-refractivity contribution is 9.09. The molecule has 0 radical (unpaired) electrons. The molecule has 1 aromatic carbocycles. The van der Waals surface area contributed by atoms with Gasteiger partial charge in [-0.05, 0) is 18.4 Å². The van der Waals surface area contributed by atoms with Gasteiger partial charge in [0.1, 0.15) is 0 Å². The molecular weight excluding hydrogens is 278 g/mol. The molecule has 3 nitrogen and oxygen atoms in total. The Labute approximate surface area is 110 Å². The standard InChI is InChI=1S/C13H16BrN3/c1-10-3-5-11(6-4-10)12(8-14)7-13-9-17(2)16-15-13/h3-6,9,12H,7-8H2,1-2H3. The van der Waals surface area contributed by atoms with E-state index in [0.29, 0.717) is 5.92 Å². The van der Waals surface area contributed by atoms with Crippen molar-refractivity contribution in [3.05, 3.63) is 47.3 Å². The molecule has 0 aliphatic carbocycles. The summed E-state index contributed by atoms with van der Waals surface area (Å²) in [4.78, 5) is 0. The Morgan fingerprint density at radius 3 is 2.53 bits per heavy atom. The second-order valence-electron chi connectivity index (χ2n) is 4.35. The van der Waals surface area contributed by atoms with Crippen LogP contribution in [0.2, 0.25) is 0 Å². The zero-order chi connectivity index (χ0) is 12.3. The first-order valence-electron chi connectivity index (χ1n) is 5.67. The van der Waals surface area contributed by atoms with E-state index in [1.165, 1.54) is 11.1 Å². The fraction of sp³-hybridized carbons (Fsp3) is 0.385. The highest BCUT2D eigenvalue weighted by Crippen LogP contribution is 2.22. The normalized spacial score (nSPS) is 12.6. The van der Waals surface area contributed by atoms with Gasteiger partial charge in [0.2, 0.25) is 0 Å². The molecule has 0 N–H and O–H groups in total. The second kappa shape index (κ2) is 5.45. The molecule has 0 aliphatic heterocycles. The van der Waals surface area contributed by atoms with E-state index < -0.39 is 0 Å². The van der Waals surface area contributed by atoms with Crippen LogP contribution in [0.3, 0.4) is 0 Å². The van der Waals surface area contributed by atoms with Crippen LogP contribution in [0.15, 0.2) is 30.5 Å². The Morgan fingerprint density at radius 1 is 1.29 bits per heavy atom. The first-order valence-corrected chi connectivity index (χ1v) is 6.79. The predicted octanol–water partition coefficient (Wildman–Crippen LogP) is 2.84. The molecule has 0 spiro atoms. The summed E-state index contributed by atoms with van der Waals surface area (Å²) in [6.45, 7) is 2.11. The van der Waals surface area contributed by atoms with Gasteiger partial charge in [0.25, 0.3) is 0 Å². The first kappa shape index (κ1) is 12.3. The zero-order valence-electron chi connectivity index (χ0n) is 10.1. The van der Waals surface area contributed by atoms with Gasteiger partial charge in [-0.25, -0.2) is 0 Å². The van der Waals surface area contributed by atoms with Crippen LogP contribution in [-0.4, -0.2) is 20.3 Å². The van der Waals surface area contributed by atoms with E-state index in [2.05, 4.69) is 57.4 Å². The van der Waals surface area contributed by atoms with Crippen LogP contribution >= 0.6 is 15.9 Å². The molecule has 1 unspecified atom stereocenters. The Hall–Kier alpha value is -1.16. The van der Waals surface area contributed by atoms with Crippen LogP contribution in [0.4, 0.5) is 0 Å². The summed E-state index contributed by atoms with van der Waals surface area (Å²) in [5.41, 5.74) is 3.68. The summed E-state index contributed by atoms with van der Waals surface area (Å²) >= 11 is 3.58. The van der Waals surface area contributed by atoms with E-state index >= 15 is 0 Å². The lowest BCUT2D eigenvalue weighted by Gasteiger charge is -2.13. The lowest BCUT2D eigenvalue weighted by molar-refractivity contribution is 0.708. The fourth-order valence-electron chi connectivity index (χ4n) is 1.84. The predicted molar refractivity (Wildman–Crippen MR) is 72.4 cm³/mol. The fourth-order valence-corrected chi connectivity index (χ4v) is 2.44. The number of aromatic nitrogens is 3. The first-order chi connectivity index (χ1) is 8.19. The summed E-state index contributed by atoms with van der Waals surface area (Å²) in [5, 5.41) is 9.04. The summed E-state index contributed by atoms with van der Waals surface area (Å²) in [7, 11) is 1.89. The SMILES string of the molecule is Cc1ccc(C(CBr)Cc2cn(C)nn2)cc1. The number of nitrogens with zero attached hydrogens (tertiary/aromatic N) is 3. The van der Waals surface area contributed by atoms with Gasteiger partial charge in [-0.3, -0.25) is 4.68 Å². The molecule has 0 bridgehead atoms. The van der Waals surface area contributed by atoms with Crippen LogP contribution in [0.5, 0.6) is 0 Å². The molecule has 0 saturated heterocycles. The molecular formula is C13H16BrN3. The molecule has 2 aromatic rings. The smallest absolute Gasteiger partial charge is 0.0833 e. The Morgan fingerprint density at radius 2 is 2.00 bits per heavy atom. The summed E-state index contributed by atoms with van der Waals surface area (Å²) in [6, 6.07) is 8.69. The highest BCUT2D eigenvalue weighted by Gasteiger charge is 2.12. The maximum Gasteiger partial charge on any atom is 0.0833 e. The number of benzene rings is 1. The van der Waals surface area contributed by atoms with Gasteiger partial charge in [0.05, 0.1) is 5.69 Å². The number of hydrogen-bond donors (Lipinski definition) is 0. The van der Waals surface area contributed by atoms with Crippen molar-refractivity contribution in [2.45, 2.75) is 19.3 Å². The topological polar surface area (TPSA) is 30.7 Å². The number of aryl methyl sites for hydroxylation is 2. The number of rotatable bonds is 4. The van der Waals surface area contributed by atoms with Gasteiger partial charge in [-0.1, -0.05) is 51.0 Å². The highest BCUT2D eigenvalue weighted by atomic mass is 79.9. The molecule has 0 saturated carbocycles. The molecule has 17 heavy (non-hydrogen) atoms. The number of halogens is 1. The zero-order valence-corrected chi connectivity index (χ0v) is 11.7. The van der Waals surface area contributed by atoms with Crippen molar-refractivity contribution >= 4 is 15.9 Å². The lowest BCUT2D eigenvalue weighted by Crippen LogP contribution is -2.05. The molecule has 0 aliphatic rings. The van der Waals surface area contributed by atoms with Crippen molar-refractivity contribution in [1.82, 2.24) is 15.0 Å². The molecule has 2 rings (SSSR count). The van der Waals surface area contributed by atoms with Crippen LogP contribution in [0.1, 0.15) is 22.7 Å².